The van der Waals surface area contributed by atoms with E-state index in [1.165, 1.54) is 5.56 Å². The molecule has 1 aromatic rings. The molecule has 17 heavy (non-hydrogen) atoms. The highest BCUT2D eigenvalue weighted by Gasteiger charge is 2.03. The van der Waals surface area contributed by atoms with Gasteiger partial charge in [-0.3, -0.25) is 0 Å². The van der Waals surface area contributed by atoms with E-state index in [1.807, 2.05) is 12.1 Å². The minimum absolute atomic E-state index is 0.536. The molecule has 0 heterocycles. The average Bonchev–Trinajstić information content (AvgIpc) is 2.26. The Morgan fingerprint density at radius 1 is 1.18 bits per heavy atom. The zero-order chi connectivity index (χ0) is 12.7. The van der Waals surface area contributed by atoms with Crippen LogP contribution in [0.4, 0.5) is 0 Å². The lowest BCUT2D eigenvalue weighted by molar-refractivity contribution is 0.254. The first-order valence-corrected chi connectivity index (χ1v) is 6.48. The molecule has 0 bridgehead atoms. The van der Waals surface area contributed by atoms with Gasteiger partial charge in [0.15, 0.2) is 0 Å². The Hall–Kier alpha value is -1.02. The van der Waals surface area contributed by atoms with Crippen molar-refractivity contribution in [1.82, 2.24) is 5.32 Å². The molecule has 1 rings (SSSR count). The Balaban J connectivity index is 2.21. The van der Waals surface area contributed by atoms with Crippen LogP contribution in [0.2, 0.25) is 0 Å². The molecule has 0 saturated carbocycles. The Labute approximate surface area is 105 Å². The molecule has 0 aliphatic heterocycles. The summed E-state index contributed by atoms with van der Waals surface area (Å²) in [5, 5.41) is 3.45. The van der Waals surface area contributed by atoms with E-state index in [0.29, 0.717) is 11.8 Å². The van der Waals surface area contributed by atoms with E-state index in [0.717, 1.165) is 25.4 Å². The van der Waals surface area contributed by atoms with Crippen molar-refractivity contribution in [3.63, 3.8) is 0 Å². The summed E-state index contributed by atoms with van der Waals surface area (Å²) >= 11 is 0. The van der Waals surface area contributed by atoms with Gasteiger partial charge in [0.25, 0.3) is 0 Å². The third kappa shape index (κ3) is 6.32. The first-order valence-electron chi connectivity index (χ1n) is 6.48. The number of rotatable bonds is 7. The van der Waals surface area contributed by atoms with Crippen LogP contribution in [-0.4, -0.2) is 19.7 Å². The number of nitrogens with one attached hydrogen (secondary N) is 1. The van der Waals surface area contributed by atoms with Gasteiger partial charge in [-0.2, -0.15) is 0 Å². The normalized spacial score (nSPS) is 12.8. The molecule has 0 saturated heterocycles. The Kier molecular flexibility index (Phi) is 6.06. The zero-order valence-electron chi connectivity index (χ0n) is 11.5. The quantitative estimate of drug-likeness (QED) is 0.783. The molecule has 2 nitrogen and oxygen atoms in total. The third-order valence-electron chi connectivity index (χ3n) is 2.57. The highest BCUT2D eigenvalue weighted by atomic mass is 16.5. The number of aryl methyl sites for hydroxylation is 1. The minimum atomic E-state index is 0.536. The van der Waals surface area contributed by atoms with Gasteiger partial charge >= 0.3 is 0 Å². The molecule has 0 amide bonds. The maximum absolute atomic E-state index is 5.77. The molecule has 0 aliphatic rings. The van der Waals surface area contributed by atoms with Gasteiger partial charge in [-0.25, -0.2) is 0 Å². The molecule has 0 radical (unpaired) electrons. The van der Waals surface area contributed by atoms with Gasteiger partial charge in [0.2, 0.25) is 0 Å². The smallest absolute Gasteiger partial charge is 0.119 e. The predicted octanol–water partition coefficient (Wildman–Crippen LogP) is 3.26. The van der Waals surface area contributed by atoms with Crippen molar-refractivity contribution >= 4 is 0 Å². The van der Waals surface area contributed by atoms with E-state index in [2.05, 4.69) is 45.1 Å². The second-order valence-electron chi connectivity index (χ2n) is 5.28. The fourth-order valence-electron chi connectivity index (χ4n) is 1.62. The maximum atomic E-state index is 5.77. The topological polar surface area (TPSA) is 21.3 Å². The third-order valence-corrected chi connectivity index (χ3v) is 2.57. The summed E-state index contributed by atoms with van der Waals surface area (Å²) in [5.74, 6) is 2.22. The van der Waals surface area contributed by atoms with E-state index in [-0.39, 0.29) is 0 Å². The van der Waals surface area contributed by atoms with E-state index >= 15 is 0 Å². The molecule has 0 aromatic heterocycles. The van der Waals surface area contributed by atoms with Gasteiger partial charge in [-0.15, -0.1) is 0 Å². The largest absolute Gasteiger partial charge is 0.493 e. The molecular formula is C15H25NO. The molecule has 1 N–H and O–H groups in total. The van der Waals surface area contributed by atoms with Crippen LogP contribution in [0, 0.1) is 18.8 Å². The van der Waals surface area contributed by atoms with Crippen LogP contribution in [0.3, 0.4) is 0 Å². The van der Waals surface area contributed by atoms with Crippen LogP contribution >= 0.6 is 0 Å². The Morgan fingerprint density at radius 3 is 2.59 bits per heavy atom. The predicted molar refractivity (Wildman–Crippen MR) is 73.5 cm³/mol. The molecule has 2 heteroatoms. The Bertz CT molecular complexity index is 322. The van der Waals surface area contributed by atoms with Crippen molar-refractivity contribution in [2.24, 2.45) is 11.8 Å². The van der Waals surface area contributed by atoms with Gasteiger partial charge in [-0.05, 0) is 37.1 Å². The van der Waals surface area contributed by atoms with Crippen LogP contribution in [0.5, 0.6) is 5.75 Å². The molecule has 0 spiro atoms. The monoisotopic (exact) mass is 235 g/mol. The highest BCUT2D eigenvalue weighted by molar-refractivity contribution is 5.27. The number of ether oxygens (including phenoxy) is 1. The maximum Gasteiger partial charge on any atom is 0.119 e. The summed E-state index contributed by atoms with van der Waals surface area (Å²) < 4.78 is 5.77. The van der Waals surface area contributed by atoms with Crippen LogP contribution in [-0.2, 0) is 0 Å². The molecule has 1 atom stereocenters. The fourth-order valence-corrected chi connectivity index (χ4v) is 1.62. The van der Waals surface area contributed by atoms with Gasteiger partial charge in [0.05, 0.1) is 6.61 Å². The fraction of sp³-hybridized carbons (Fsp3) is 0.600. The van der Waals surface area contributed by atoms with Gasteiger partial charge in [0, 0.05) is 12.5 Å². The SMILES string of the molecule is Cc1cccc(OCC(C)CNCC(C)C)c1. The average molecular weight is 235 g/mol. The summed E-state index contributed by atoms with van der Waals surface area (Å²) in [6.45, 7) is 11.6. The van der Waals surface area contributed by atoms with Gasteiger partial charge < -0.3 is 10.1 Å². The van der Waals surface area contributed by atoms with Crippen LogP contribution in [0.15, 0.2) is 24.3 Å². The van der Waals surface area contributed by atoms with Gasteiger partial charge in [0.1, 0.15) is 5.75 Å². The molecule has 1 aromatic carbocycles. The minimum Gasteiger partial charge on any atom is -0.493 e. The van der Waals surface area contributed by atoms with Crippen molar-refractivity contribution < 1.29 is 4.74 Å². The van der Waals surface area contributed by atoms with E-state index < -0.39 is 0 Å². The van der Waals surface area contributed by atoms with Crippen LogP contribution < -0.4 is 10.1 Å². The van der Waals surface area contributed by atoms with Crippen molar-refractivity contribution in [3.8, 4) is 5.75 Å². The molecule has 96 valence electrons. The molecule has 0 aliphatic carbocycles. The Morgan fingerprint density at radius 2 is 1.94 bits per heavy atom. The van der Waals surface area contributed by atoms with E-state index in [9.17, 15) is 0 Å². The van der Waals surface area contributed by atoms with Crippen molar-refractivity contribution in [3.05, 3.63) is 29.8 Å². The summed E-state index contributed by atoms with van der Waals surface area (Å²) in [5.41, 5.74) is 1.24. The lowest BCUT2D eigenvalue weighted by Gasteiger charge is -2.15. The number of hydrogen-bond donors (Lipinski definition) is 1. The molecule has 0 fully saturated rings. The highest BCUT2D eigenvalue weighted by Crippen LogP contribution is 2.13. The first-order chi connectivity index (χ1) is 8.08. The molecular weight excluding hydrogens is 210 g/mol. The number of hydrogen-bond acceptors (Lipinski definition) is 2. The van der Waals surface area contributed by atoms with Crippen molar-refractivity contribution in [2.75, 3.05) is 19.7 Å². The summed E-state index contributed by atoms with van der Waals surface area (Å²) in [6.07, 6.45) is 0. The summed E-state index contributed by atoms with van der Waals surface area (Å²) in [4.78, 5) is 0. The number of benzene rings is 1. The lowest BCUT2D eigenvalue weighted by atomic mass is 10.1. The second-order valence-corrected chi connectivity index (χ2v) is 5.28. The zero-order valence-corrected chi connectivity index (χ0v) is 11.5. The van der Waals surface area contributed by atoms with E-state index in [1.54, 1.807) is 0 Å². The van der Waals surface area contributed by atoms with Crippen LogP contribution in [0.1, 0.15) is 26.3 Å². The molecule has 1 unspecified atom stereocenters. The standard InChI is InChI=1S/C15H25NO/c1-12(2)9-16-10-14(4)11-17-15-7-5-6-13(3)8-15/h5-8,12,14,16H,9-11H2,1-4H3. The van der Waals surface area contributed by atoms with Gasteiger partial charge in [-0.1, -0.05) is 32.9 Å². The van der Waals surface area contributed by atoms with Crippen molar-refractivity contribution in [2.45, 2.75) is 27.7 Å². The lowest BCUT2D eigenvalue weighted by Crippen LogP contribution is -2.28. The second kappa shape index (κ2) is 7.33. The summed E-state index contributed by atoms with van der Waals surface area (Å²) in [7, 11) is 0. The first kappa shape index (κ1) is 14.0. The van der Waals surface area contributed by atoms with Crippen molar-refractivity contribution in [1.29, 1.82) is 0 Å². The van der Waals surface area contributed by atoms with Crippen LogP contribution in [0.25, 0.3) is 0 Å². The van der Waals surface area contributed by atoms with E-state index in [4.69, 9.17) is 4.74 Å². The summed E-state index contributed by atoms with van der Waals surface area (Å²) in [6, 6.07) is 8.21.